The van der Waals surface area contributed by atoms with Gasteiger partial charge in [-0.2, -0.15) is 0 Å². The Morgan fingerprint density at radius 3 is 2.56 bits per heavy atom. The van der Waals surface area contributed by atoms with Crippen LogP contribution in [0.25, 0.3) is 11.5 Å². The predicted octanol–water partition coefficient (Wildman–Crippen LogP) is 6.71. The van der Waals surface area contributed by atoms with Crippen LogP contribution in [0.5, 0.6) is 0 Å². The molecule has 1 aliphatic heterocycles. The molecular weight excluding hydrogens is 421 g/mol. The molecular formula is C27H31ClFN3. The minimum Gasteiger partial charge on any atom is -0.388 e. The highest BCUT2D eigenvalue weighted by Crippen LogP contribution is 2.49. The molecule has 0 radical (unpaired) electrons. The van der Waals surface area contributed by atoms with E-state index in [9.17, 15) is 0 Å². The van der Waals surface area contributed by atoms with Crippen LogP contribution in [0, 0.1) is 5.92 Å². The van der Waals surface area contributed by atoms with Gasteiger partial charge in [0.1, 0.15) is 5.83 Å². The average Bonchev–Trinajstić information content (AvgIpc) is 3.44. The molecule has 2 fully saturated rings. The van der Waals surface area contributed by atoms with Gasteiger partial charge in [0.25, 0.3) is 0 Å². The van der Waals surface area contributed by atoms with Crippen LogP contribution in [0.1, 0.15) is 48.3 Å². The molecule has 4 rings (SSSR count). The number of halogens is 2. The van der Waals surface area contributed by atoms with Crippen molar-refractivity contribution in [1.82, 2.24) is 10.6 Å². The van der Waals surface area contributed by atoms with Crippen LogP contribution < -0.4 is 16.0 Å². The van der Waals surface area contributed by atoms with Crippen LogP contribution in [0.3, 0.4) is 0 Å². The Kier molecular flexibility index (Phi) is 6.73. The molecule has 1 spiro atoms. The maximum atomic E-state index is 15.5. The third-order valence-electron chi connectivity index (χ3n) is 7.08. The summed E-state index contributed by atoms with van der Waals surface area (Å²) in [5.74, 6) is 0.0329. The third-order valence-corrected chi connectivity index (χ3v) is 7.40. The molecule has 2 unspecified atom stereocenters. The van der Waals surface area contributed by atoms with Crippen molar-refractivity contribution < 1.29 is 4.39 Å². The van der Waals surface area contributed by atoms with Gasteiger partial charge in [-0.15, -0.1) is 6.58 Å². The molecule has 0 bridgehead atoms. The van der Waals surface area contributed by atoms with Gasteiger partial charge in [-0.1, -0.05) is 61.4 Å². The van der Waals surface area contributed by atoms with E-state index in [0.29, 0.717) is 10.6 Å². The summed E-state index contributed by atoms with van der Waals surface area (Å²) in [5.41, 5.74) is 4.11. The average molecular weight is 452 g/mol. The highest BCUT2D eigenvalue weighted by Gasteiger charge is 2.48. The first-order valence-electron chi connectivity index (χ1n) is 11.2. The topological polar surface area (TPSA) is 36.1 Å². The quantitative estimate of drug-likeness (QED) is 0.409. The van der Waals surface area contributed by atoms with E-state index in [2.05, 4.69) is 35.2 Å². The standard InChI is InChI=1S/C27H31ClFN3/c1-4-23-22(16-32-27(23)14-5-6-15-27)21-8-7-9-24(28)26(21)25(29)17-31-20-12-10-19(11-13-20)18(2)30-3/h4,7-13,17,22-23,30-32H,1-2,5-6,14-16H2,3H3/b25-17-. The molecule has 1 heterocycles. The van der Waals surface area contributed by atoms with Gasteiger partial charge < -0.3 is 16.0 Å². The van der Waals surface area contributed by atoms with Gasteiger partial charge in [-0.05, 0) is 42.2 Å². The van der Waals surface area contributed by atoms with Gasteiger partial charge in [0, 0.05) is 54.1 Å². The molecule has 0 amide bonds. The summed E-state index contributed by atoms with van der Waals surface area (Å²) in [6.07, 6.45) is 8.19. The van der Waals surface area contributed by atoms with E-state index in [-0.39, 0.29) is 23.2 Å². The van der Waals surface area contributed by atoms with Crippen LogP contribution in [-0.2, 0) is 0 Å². The summed E-state index contributed by atoms with van der Waals surface area (Å²) in [6.45, 7) is 8.89. The second kappa shape index (κ2) is 9.51. The van der Waals surface area contributed by atoms with Gasteiger partial charge in [0.2, 0.25) is 0 Å². The first-order chi connectivity index (χ1) is 15.5. The minimum atomic E-state index is -0.371. The predicted molar refractivity (Wildman–Crippen MR) is 134 cm³/mol. The molecule has 2 atom stereocenters. The van der Waals surface area contributed by atoms with Crippen LogP contribution in [0.2, 0.25) is 5.02 Å². The number of benzene rings is 2. The fraction of sp³-hybridized carbons (Fsp3) is 0.333. The number of nitrogens with one attached hydrogen (secondary N) is 3. The van der Waals surface area contributed by atoms with E-state index in [1.807, 2.05) is 43.4 Å². The maximum absolute atomic E-state index is 15.5. The zero-order valence-corrected chi connectivity index (χ0v) is 19.3. The molecule has 1 saturated heterocycles. The minimum absolute atomic E-state index is 0.0868. The van der Waals surface area contributed by atoms with Gasteiger partial charge in [0.15, 0.2) is 0 Å². The van der Waals surface area contributed by atoms with Gasteiger partial charge in [-0.3, -0.25) is 0 Å². The van der Waals surface area contributed by atoms with Gasteiger partial charge >= 0.3 is 0 Å². The van der Waals surface area contributed by atoms with E-state index in [0.717, 1.165) is 41.9 Å². The molecule has 1 saturated carbocycles. The molecule has 5 heteroatoms. The third kappa shape index (κ3) is 4.22. The van der Waals surface area contributed by atoms with Crippen LogP contribution >= 0.6 is 11.6 Å². The van der Waals surface area contributed by atoms with Crippen LogP contribution in [0.15, 0.2) is 67.9 Å². The van der Waals surface area contributed by atoms with Crippen molar-refractivity contribution in [3.8, 4) is 0 Å². The summed E-state index contributed by atoms with van der Waals surface area (Å²) < 4.78 is 15.5. The Hall–Kier alpha value is -2.56. The lowest BCUT2D eigenvalue weighted by Gasteiger charge is -2.32. The van der Waals surface area contributed by atoms with Crippen molar-refractivity contribution in [2.75, 3.05) is 18.9 Å². The Morgan fingerprint density at radius 2 is 1.91 bits per heavy atom. The SMILES string of the molecule is C=CC1C(c2cccc(Cl)c2/C(F)=C/Nc2ccc(C(=C)NC)cc2)CNC12CCCC2. The van der Waals surface area contributed by atoms with Crippen LogP contribution in [-0.4, -0.2) is 19.1 Å². The molecule has 1 aliphatic carbocycles. The van der Waals surface area contributed by atoms with Crippen molar-refractivity contribution >= 4 is 28.8 Å². The van der Waals surface area contributed by atoms with E-state index < -0.39 is 0 Å². The van der Waals surface area contributed by atoms with Crippen LogP contribution in [0.4, 0.5) is 10.1 Å². The Bertz CT molecular complexity index is 1020. The smallest absolute Gasteiger partial charge is 0.148 e. The highest BCUT2D eigenvalue weighted by atomic mass is 35.5. The zero-order chi connectivity index (χ0) is 22.7. The van der Waals surface area contributed by atoms with Crippen molar-refractivity contribution in [2.45, 2.75) is 37.1 Å². The number of hydrogen-bond acceptors (Lipinski definition) is 3. The lowest BCUT2D eigenvalue weighted by molar-refractivity contribution is 0.318. The fourth-order valence-corrected chi connectivity index (χ4v) is 5.66. The van der Waals surface area contributed by atoms with E-state index in [1.54, 1.807) is 6.07 Å². The van der Waals surface area contributed by atoms with E-state index in [4.69, 9.17) is 11.6 Å². The van der Waals surface area contributed by atoms with Crippen molar-refractivity contribution in [3.63, 3.8) is 0 Å². The lowest BCUT2D eigenvalue weighted by atomic mass is 9.75. The van der Waals surface area contributed by atoms with Crippen molar-refractivity contribution in [1.29, 1.82) is 0 Å². The molecule has 0 aromatic heterocycles. The van der Waals surface area contributed by atoms with Crippen molar-refractivity contribution in [2.24, 2.45) is 5.92 Å². The Balaban J connectivity index is 1.60. The molecule has 3 nitrogen and oxygen atoms in total. The number of rotatable bonds is 7. The Morgan fingerprint density at radius 1 is 1.19 bits per heavy atom. The number of hydrogen-bond donors (Lipinski definition) is 3. The first kappa shape index (κ1) is 22.6. The Labute approximate surface area is 195 Å². The van der Waals surface area contributed by atoms with E-state index in [1.165, 1.54) is 19.0 Å². The molecule has 3 N–H and O–H groups in total. The summed E-state index contributed by atoms with van der Waals surface area (Å²) in [5, 5.41) is 10.3. The monoisotopic (exact) mass is 451 g/mol. The second-order valence-electron chi connectivity index (χ2n) is 8.76. The second-order valence-corrected chi connectivity index (χ2v) is 9.17. The zero-order valence-electron chi connectivity index (χ0n) is 18.6. The summed E-state index contributed by atoms with van der Waals surface area (Å²) in [4.78, 5) is 0. The van der Waals surface area contributed by atoms with E-state index >= 15 is 4.39 Å². The van der Waals surface area contributed by atoms with Crippen molar-refractivity contribution in [3.05, 3.63) is 89.6 Å². The summed E-state index contributed by atoms with van der Waals surface area (Å²) in [7, 11) is 1.83. The largest absolute Gasteiger partial charge is 0.388 e. The molecule has 2 aromatic carbocycles. The number of anilines is 1. The molecule has 32 heavy (non-hydrogen) atoms. The van der Waals surface area contributed by atoms with Gasteiger partial charge in [0.05, 0.1) is 5.02 Å². The van der Waals surface area contributed by atoms with Gasteiger partial charge in [-0.25, -0.2) is 4.39 Å². The molecule has 2 aromatic rings. The maximum Gasteiger partial charge on any atom is 0.148 e. The molecule has 2 aliphatic rings. The first-order valence-corrected chi connectivity index (χ1v) is 11.6. The normalized spacial score (nSPS) is 22.2. The lowest BCUT2D eigenvalue weighted by Crippen LogP contribution is -2.41. The fourth-order valence-electron chi connectivity index (χ4n) is 5.39. The highest BCUT2D eigenvalue weighted by molar-refractivity contribution is 6.32. The summed E-state index contributed by atoms with van der Waals surface area (Å²) in [6, 6.07) is 13.3. The molecule has 168 valence electrons. The summed E-state index contributed by atoms with van der Waals surface area (Å²) >= 11 is 6.53.